The summed E-state index contributed by atoms with van der Waals surface area (Å²) in [6.45, 7) is 1.90. The third-order valence-corrected chi connectivity index (χ3v) is 4.72. The van der Waals surface area contributed by atoms with Crippen LogP contribution in [-0.2, 0) is 0 Å². The zero-order valence-corrected chi connectivity index (χ0v) is 14.3. The number of carbonyl (C=O) groups is 1. The molecule has 4 heteroatoms. The molecule has 0 aromatic heterocycles. The van der Waals surface area contributed by atoms with Gasteiger partial charge in [0.1, 0.15) is 5.75 Å². The van der Waals surface area contributed by atoms with Gasteiger partial charge in [-0.25, -0.2) is 0 Å². The van der Waals surface area contributed by atoms with Gasteiger partial charge in [0.05, 0.1) is 12.7 Å². The van der Waals surface area contributed by atoms with Crippen LogP contribution in [0.25, 0.3) is 0 Å². The number of benzene rings is 2. The molecule has 0 spiro atoms. The average molecular weight is 324 g/mol. The lowest BCUT2D eigenvalue weighted by Gasteiger charge is -2.39. The lowest BCUT2D eigenvalue weighted by Crippen LogP contribution is -2.48. The van der Waals surface area contributed by atoms with E-state index in [0.29, 0.717) is 11.3 Å². The van der Waals surface area contributed by atoms with Crippen LogP contribution in [0.3, 0.4) is 0 Å². The number of anilines is 1. The Balaban J connectivity index is 1.74. The van der Waals surface area contributed by atoms with Crippen molar-refractivity contribution in [3.63, 3.8) is 0 Å². The number of likely N-dealkylation sites (N-methyl/N-ethyl adjacent to an activating group) is 1. The van der Waals surface area contributed by atoms with E-state index in [2.05, 4.69) is 29.2 Å². The summed E-state index contributed by atoms with van der Waals surface area (Å²) < 4.78 is 5.34. The highest BCUT2D eigenvalue weighted by molar-refractivity contribution is 5.97. The standard InChI is InChI=1S/C20H24N2O2/c1-21(20(23)18-12-6-7-13-19(18)24-2)17-11-8-14-22(15-17)16-9-4-3-5-10-16/h3-7,9-10,12-13,17H,8,11,14-15H2,1-2H3. The molecule has 1 unspecified atom stereocenters. The summed E-state index contributed by atoms with van der Waals surface area (Å²) in [5.41, 5.74) is 1.85. The van der Waals surface area contributed by atoms with E-state index < -0.39 is 0 Å². The molecule has 24 heavy (non-hydrogen) atoms. The van der Waals surface area contributed by atoms with Gasteiger partial charge in [-0.2, -0.15) is 0 Å². The average Bonchev–Trinajstić information content (AvgIpc) is 2.67. The normalized spacial score (nSPS) is 17.4. The van der Waals surface area contributed by atoms with Gasteiger partial charge in [-0.3, -0.25) is 4.79 Å². The molecule has 0 radical (unpaired) electrons. The predicted molar refractivity (Wildman–Crippen MR) is 96.8 cm³/mol. The molecular formula is C20H24N2O2. The third-order valence-electron chi connectivity index (χ3n) is 4.72. The number of rotatable bonds is 4. The van der Waals surface area contributed by atoms with Crippen LogP contribution in [0.5, 0.6) is 5.75 Å². The maximum Gasteiger partial charge on any atom is 0.257 e. The first-order valence-corrected chi connectivity index (χ1v) is 8.41. The Morgan fingerprint density at radius 1 is 1.12 bits per heavy atom. The summed E-state index contributed by atoms with van der Waals surface area (Å²) in [6.07, 6.45) is 2.11. The Morgan fingerprint density at radius 3 is 2.58 bits per heavy atom. The van der Waals surface area contributed by atoms with E-state index >= 15 is 0 Å². The van der Waals surface area contributed by atoms with Crippen molar-refractivity contribution in [2.75, 3.05) is 32.1 Å². The van der Waals surface area contributed by atoms with Crippen molar-refractivity contribution in [3.05, 3.63) is 60.2 Å². The number of para-hydroxylation sites is 2. The maximum absolute atomic E-state index is 12.9. The van der Waals surface area contributed by atoms with E-state index in [0.717, 1.165) is 25.9 Å². The van der Waals surface area contributed by atoms with Gasteiger partial charge in [-0.05, 0) is 37.1 Å². The smallest absolute Gasteiger partial charge is 0.257 e. The highest BCUT2D eigenvalue weighted by Gasteiger charge is 2.28. The second-order valence-corrected chi connectivity index (χ2v) is 6.19. The lowest BCUT2D eigenvalue weighted by atomic mass is 10.0. The van der Waals surface area contributed by atoms with Crippen molar-refractivity contribution in [1.82, 2.24) is 4.90 Å². The fraction of sp³-hybridized carbons (Fsp3) is 0.350. The van der Waals surface area contributed by atoms with E-state index in [-0.39, 0.29) is 11.9 Å². The number of piperidine rings is 1. The van der Waals surface area contributed by atoms with Crippen LogP contribution in [0, 0.1) is 0 Å². The molecule has 1 amide bonds. The predicted octanol–water partition coefficient (Wildman–Crippen LogP) is 3.44. The molecule has 2 aromatic carbocycles. The number of amides is 1. The molecule has 0 bridgehead atoms. The fourth-order valence-electron chi connectivity index (χ4n) is 3.32. The first-order valence-electron chi connectivity index (χ1n) is 8.41. The van der Waals surface area contributed by atoms with Gasteiger partial charge in [0.25, 0.3) is 5.91 Å². The molecule has 1 atom stereocenters. The van der Waals surface area contributed by atoms with Gasteiger partial charge >= 0.3 is 0 Å². The van der Waals surface area contributed by atoms with Crippen LogP contribution in [0.4, 0.5) is 5.69 Å². The minimum atomic E-state index is 0.0207. The van der Waals surface area contributed by atoms with Crippen LogP contribution in [0.15, 0.2) is 54.6 Å². The SMILES string of the molecule is COc1ccccc1C(=O)N(C)C1CCCN(c2ccccc2)C1. The quantitative estimate of drug-likeness (QED) is 0.864. The van der Waals surface area contributed by atoms with E-state index in [1.54, 1.807) is 7.11 Å². The molecule has 0 saturated carbocycles. The van der Waals surface area contributed by atoms with E-state index in [4.69, 9.17) is 4.74 Å². The monoisotopic (exact) mass is 324 g/mol. The van der Waals surface area contributed by atoms with E-state index in [9.17, 15) is 4.79 Å². The van der Waals surface area contributed by atoms with Gasteiger partial charge in [0.15, 0.2) is 0 Å². The summed E-state index contributed by atoms with van der Waals surface area (Å²) >= 11 is 0. The lowest BCUT2D eigenvalue weighted by molar-refractivity contribution is 0.0714. The largest absolute Gasteiger partial charge is 0.496 e. The van der Waals surface area contributed by atoms with Gasteiger partial charge < -0.3 is 14.5 Å². The molecule has 126 valence electrons. The number of hydrogen-bond acceptors (Lipinski definition) is 3. The molecule has 1 aliphatic rings. The first kappa shape index (κ1) is 16.4. The maximum atomic E-state index is 12.9. The van der Waals surface area contributed by atoms with Crippen LogP contribution < -0.4 is 9.64 Å². The molecule has 0 N–H and O–H groups in total. The van der Waals surface area contributed by atoms with E-state index in [1.165, 1.54) is 5.69 Å². The van der Waals surface area contributed by atoms with Gasteiger partial charge in [-0.1, -0.05) is 30.3 Å². The van der Waals surface area contributed by atoms with Gasteiger partial charge in [0.2, 0.25) is 0 Å². The molecule has 1 heterocycles. The summed E-state index contributed by atoms with van der Waals surface area (Å²) in [5, 5.41) is 0. The Hall–Kier alpha value is -2.49. The minimum Gasteiger partial charge on any atom is -0.496 e. The molecule has 2 aromatic rings. The Labute approximate surface area is 143 Å². The minimum absolute atomic E-state index is 0.0207. The summed E-state index contributed by atoms with van der Waals surface area (Å²) in [7, 11) is 3.50. The molecule has 3 rings (SSSR count). The first-order chi connectivity index (χ1) is 11.7. The van der Waals surface area contributed by atoms with Crippen molar-refractivity contribution < 1.29 is 9.53 Å². The van der Waals surface area contributed by atoms with Gasteiger partial charge in [0, 0.05) is 31.9 Å². The molecule has 1 saturated heterocycles. The van der Waals surface area contributed by atoms with Crippen molar-refractivity contribution in [2.45, 2.75) is 18.9 Å². The second-order valence-electron chi connectivity index (χ2n) is 6.19. The Morgan fingerprint density at radius 2 is 1.83 bits per heavy atom. The zero-order valence-electron chi connectivity index (χ0n) is 14.3. The van der Waals surface area contributed by atoms with Crippen molar-refractivity contribution in [3.8, 4) is 5.75 Å². The Bertz CT molecular complexity index is 687. The number of carbonyl (C=O) groups excluding carboxylic acids is 1. The van der Waals surface area contributed by atoms with E-state index in [1.807, 2.05) is 42.3 Å². The highest BCUT2D eigenvalue weighted by Crippen LogP contribution is 2.25. The molecular weight excluding hydrogens is 300 g/mol. The molecule has 1 fully saturated rings. The van der Waals surface area contributed by atoms with Crippen molar-refractivity contribution in [2.24, 2.45) is 0 Å². The number of hydrogen-bond donors (Lipinski definition) is 0. The summed E-state index contributed by atoms with van der Waals surface area (Å²) in [6, 6.07) is 18.0. The molecule has 1 aliphatic heterocycles. The van der Waals surface area contributed by atoms with Crippen molar-refractivity contribution >= 4 is 11.6 Å². The summed E-state index contributed by atoms with van der Waals surface area (Å²) in [4.78, 5) is 17.1. The third kappa shape index (κ3) is 3.37. The molecule has 4 nitrogen and oxygen atoms in total. The van der Waals surface area contributed by atoms with Crippen LogP contribution in [-0.4, -0.2) is 44.1 Å². The zero-order chi connectivity index (χ0) is 16.9. The molecule has 0 aliphatic carbocycles. The number of nitrogens with zero attached hydrogens (tertiary/aromatic N) is 2. The second kappa shape index (κ2) is 7.39. The number of ether oxygens (including phenoxy) is 1. The van der Waals surface area contributed by atoms with Crippen LogP contribution >= 0.6 is 0 Å². The van der Waals surface area contributed by atoms with Crippen molar-refractivity contribution in [1.29, 1.82) is 0 Å². The topological polar surface area (TPSA) is 32.8 Å². The van der Waals surface area contributed by atoms with Crippen LogP contribution in [0.1, 0.15) is 23.2 Å². The Kier molecular flexibility index (Phi) is 5.04. The highest BCUT2D eigenvalue weighted by atomic mass is 16.5. The number of methoxy groups -OCH3 is 1. The van der Waals surface area contributed by atoms with Crippen LogP contribution in [0.2, 0.25) is 0 Å². The fourth-order valence-corrected chi connectivity index (χ4v) is 3.32. The summed E-state index contributed by atoms with van der Waals surface area (Å²) in [5.74, 6) is 0.650. The van der Waals surface area contributed by atoms with Gasteiger partial charge in [-0.15, -0.1) is 0 Å².